The lowest BCUT2D eigenvalue weighted by molar-refractivity contribution is -0.117. The molecule has 0 bridgehead atoms. The van der Waals surface area contributed by atoms with Gasteiger partial charge in [-0.25, -0.2) is 0 Å². The number of carbonyl (C=O) groups excluding carboxylic acids is 1. The van der Waals surface area contributed by atoms with Crippen LogP contribution in [0.5, 0.6) is 0 Å². The Hall–Kier alpha value is -1.20. The van der Waals surface area contributed by atoms with Gasteiger partial charge in [-0.2, -0.15) is 0 Å². The summed E-state index contributed by atoms with van der Waals surface area (Å²) in [7, 11) is 0. The number of carbonyl (C=O) groups is 1. The molecule has 4 nitrogen and oxygen atoms in total. The van der Waals surface area contributed by atoms with E-state index in [0.717, 1.165) is 4.47 Å². The summed E-state index contributed by atoms with van der Waals surface area (Å²) in [4.78, 5) is 11.7. The number of amides is 1. The Labute approximate surface area is 112 Å². The van der Waals surface area contributed by atoms with Crippen molar-refractivity contribution < 1.29 is 14.3 Å². The molecule has 1 aromatic carbocycles. The van der Waals surface area contributed by atoms with E-state index in [-0.39, 0.29) is 11.7 Å². The maximum atomic E-state index is 11.7. The van der Waals surface area contributed by atoms with Crippen molar-refractivity contribution in [2.75, 3.05) is 18.5 Å². The van der Waals surface area contributed by atoms with Gasteiger partial charge in [-0.1, -0.05) is 11.6 Å². The molecule has 0 unspecified atom stereocenters. The van der Waals surface area contributed by atoms with Gasteiger partial charge >= 0.3 is 0 Å². The predicted molar refractivity (Wildman–Crippen MR) is 67.8 cm³/mol. The molecule has 1 heterocycles. The minimum atomic E-state index is -0.358. The molecule has 0 aromatic heterocycles. The molecule has 0 saturated heterocycles. The third kappa shape index (κ3) is 3.14. The van der Waals surface area contributed by atoms with Crippen molar-refractivity contribution in [3.63, 3.8) is 0 Å². The van der Waals surface area contributed by atoms with E-state index in [1.165, 1.54) is 6.26 Å². The molecule has 1 aromatic rings. The van der Waals surface area contributed by atoms with Crippen molar-refractivity contribution >= 4 is 39.1 Å². The zero-order chi connectivity index (χ0) is 12.3. The Bertz CT molecular complexity index is 476. The van der Waals surface area contributed by atoms with Crippen molar-refractivity contribution in [3.05, 3.63) is 39.7 Å². The van der Waals surface area contributed by atoms with Crippen LogP contribution in [0.3, 0.4) is 0 Å². The van der Waals surface area contributed by atoms with Gasteiger partial charge in [0.2, 0.25) is 5.76 Å². The largest absolute Gasteiger partial charge is 0.494 e. The Balaban J connectivity index is 2.07. The standard InChI is InChI=1S/C11H9BrClNO3/c12-8-2-1-7(5-9(8)13)14-11(15)10-6-16-3-4-17-10/h1-2,5-6H,3-4H2,(H,14,15). The summed E-state index contributed by atoms with van der Waals surface area (Å²) in [5, 5.41) is 3.19. The topological polar surface area (TPSA) is 47.6 Å². The third-order valence-corrected chi connectivity index (χ3v) is 3.28. The molecule has 1 amide bonds. The Morgan fingerprint density at radius 1 is 1.41 bits per heavy atom. The first-order chi connectivity index (χ1) is 8.16. The molecule has 0 fully saturated rings. The molecule has 6 heteroatoms. The number of hydrogen-bond acceptors (Lipinski definition) is 3. The molecular weight excluding hydrogens is 309 g/mol. The van der Waals surface area contributed by atoms with Gasteiger partial charge in [0.15, 0.2) is 0 Å². The summed E-state index contributed by atoms with van der Waals surface area (Å²) in [6, 6.07) is 5.14. The summed E-state index contributed by atoms with van der Waals surface area (Å²) in [5.74, 6) is -0.196. The van der Waals surface area contributed by atoms with Gasteiger partial charge in [-0.05, 0) is 34.1 Å². The van der Waals surface area contributed by atoms with Gasteiger partial charge in [-0.15, -0.1) is 0 Å². The molecular formula is C11H9BrClNO3. The highest BCUT2D eigenvalue weighted by molar-refractivity contribution is 9.10. The monoisotopic (exact) mass is 317 g/mol. The van der Waals surface area contributed by atoms with Gasteiger partial charge < -0.3 is 14.8 Å². The number of hydrogen-bond donors (Lipinski definition) is 1. The lowest BCUT2D eigenvalue weighted by Crippen LogP contribution is -2.21. The highest BCUT2D eigenvalue weighted by Crippen LogP contribution is 2.25. The molecule has 1 aliphatic rings. The smallest absolute Gasteiger partial charge is 0.294 e. The lowest BCUT2D eigenvalue weighted by Gasteiger charge is -2.15. The van der Waals surface area contributed by atoms with E-state index in [2.05, 4.69) is 21.2 Å². The van der Waals surface area contributed by atoms with E-state index >= 15 is 0 Å². The molecule has 2 rings (SSSR count). The van der Waals surface area contributed by atoms with E-state index < -0.39 is 0 Å². The summed E-state index contributed by atoms with van der Waals surface area (Å²) in [6.07, 6.45) is 1.30. The minimum Gasteiger partial charge on any atom is -0.494 e. The van der Waals surface area contributed by atoms with E-state index in [4.69, 9.17) is 21.1 Å². The zero-order valence-corrected chi connectivity index (χ0v) is 11.0. The van der Waals surface area contributed by atoms with Crippen LogP contribution in [0.1, 0.15) is 0 Å². The van der Waals surface area contributed by atoms with Crippen LogP contribution >= 0.6 is 27.5 Å². The molecule has 0 saturated carbocycles. The third-order valence-electron chi connectivity index (χ3n) is 2.05. The Morgan fingerprint density at radius 3 is 2.88 bits per heavy atom. The molecule has 17 heavy (non-hydrogen) atoms. The normalized spacial score (nSPS) is 14.4. The van der Waals surface area contributed by atoms with Crippen molar-refractivity contribution in [1.29, 1.82) is 0 Å². The van der Waals surface area contributed by atoms with E-state index in [1.807, 2.05) is 0 Å². The zero-order valence-electron chi connectivity index (χ0n) is 8.70. The number of nitrogens with one attached hydrogen (secondary N) is 1. The van der Waals surface area contributed by atoms with Gasteiger partial charge in [-0.3, -0.25) is 4.79 Å². The number of benzene rings is 1. The maximum Gasteiger partial charge on any atom is 0.294 e. The summed E-state index contributed by atoms with van der Waals surface area (Å²) < 4.78 is 10.9. The average molecular weight is 319 g/mol. The van der Waals surface area contributed by atoms with Crippen LogP contribution in [0.25, 0.3) is 0 Å². The first kappa shape index (κ1) is 12.3. The van der Waals surface area contributed by atoms with Crippen molar-refractivity contribution in [1.82, 2.24) is 0 Å². The number of ether oxygens (including phenoxy) is 2. The summed E-state index contributed by atoms with van der Waals surface area (Å²) in [6.45, 7) is 0.835. The molecule has 0 aliphatic carbocycles. The van der Waals surface area contributed by atoms with E-state index in [1.54, 1.807) is 18.2 Å². The van der Waals surface area contributed by atoms with E-state index in [9.17, 15) is 4.79 Å². The molecule has 0 spiro atoms. The van der Waals surface area contributed by atoms with Crippen LogP contribution in [0.4, 0.5) is 5.69 Å². The SMILES string of the molecule is O=C(Nc1ccc(Br)c(Cl)c1)C1=COCCO1. The quantitative estimate of drug-likeness (QED) is 0.912. The minimum absolute atomic E-state index is 0.162. The second-order valence-electron chi connectivity index (χ2n) is 3.28. The average Bonchev–Trinajstić information content (AvgIpc) is 2.35. The maximum absolute atomic E-state index is 11.7. The second-order valence-corrected chi connectivity index (χ2v) is 4.55. The van der Waals surface area contributed by atoms with Crippen LogP contribution in [0, 0.1) is 0 Å². The van der Waals surface area contributed by atoms with Crippen LogP contribution in [-0.2, 0) is 14.3 Å². The van der Waals surface area contributed by atoms with Crippen molar-refractivity contribution in [2.45, 2.75) is 0 Å². The summed E-state index contributed by atoms with van der Waals surface area (Å²) >= 11 is 9.19. The highest BCUT2D eigenvalue weighted by atomic mass is 79.9. The lowest BCUT2D eigenvalue weighted by atomic mass is 10.3. The molecule has 1 aliphatic heterocycles. The first-order valence-electron chi connectivity index (χ1n) is 4.88. The van der Waals surface area contributed by atoms with Gasteiger partial charge in [0.05, 0.1) is 5.02 Å². The number of halogens is 2. The second kappa shape index (κ2) is 5.42. The van der Waals surface area contributed by atoms with Crippen LogP contribution in [0.2, 0.25) is 5.02 Å². The Kier molecular flexibility index (Phi) is 3.91. The van der Waals surface area contributed by atoms with Crippen LogP contribution < -0.4 is 5.32 Å². The predicted octanol–water partition coefficient (Wildman–Crippen LogP) is 2.93. The fourth-order valence-corrected chi connectivity index (χ4v) is 1.68. The summed E-state index contributed by atoms with van der Waals surface area (Å²) in [5.41, 5.74) is 0.596. The van der Waals surface area contributed by atoms with Gasteiger partial charge in [0, 0.05) is 10.2 Å². The van der Waals surface area contributed by atoms with Crippen LogP contribution in [-0.4, -0.2) is 19.1 Å². The number of anilines is 1. The fraction of sp³-hybridized carbons (Fsp3) is 0.182. The molecule has 1 N–H and O–H groups in total. The highest BCUT2D eigenvalue weighted by Gasteiger charge is 2.15. The fourth-order valence-electron chi connectivity index (χ4n) is 1.25. The van der Waals surface area contributed by atoms with Crippen molar-refractivity contribution in [2.24, 2.45) is 0 Å². The molecule has 90 valence electrons. The molecule has 0 atom stereocenters. The first-order valence-corrected chi connectivity index (χ1v) is 6.05. The number of rotatable bonds is 2. The Morgan fingerprint density at radius 2 is 2.24 bits per heavy atom. The van der Waals surface area contributed by atoms with Crippen molar-refractivity contribution in [3.8, 4) is 0 Å². The van der Waals surface area contributed by atoms with Gasteiger partial charge in [0.25, 0.3) is 5.91 Å². The van der Waals surface area contributed by atoms with Gasteiger partial charge in [0.1, 0.15) is 19.5 Å². The van der Waals surface area contributed by atoms with Crippen LogP contribution in [0.15, 0.2) is 34.7 Å². The van der Waals surface area contributed by atoms with E-state index in [0.29, 0.717) is 23.9 Å². The molecule has 0 radical (unpaired) electrons.